The van der Waals surface area contributed by atoms with Crippen LogP contribution < -0.4 is 4.74 Å². The maximum Gasteiger partial charge on any atom is 0.420 e. The number of hydrogen-bond donors (Lipinski definition) is 0. The third-order valence-corrected chi connectivity index (χ3v) is 5.69. The third-order valence-electron chi connectivity index (χ3n) is 4.63. The monoisotopic (exact) mass is 423 g/mol. The molecule has 1 amide bonds. The molecule has 1 fully saturated rings. The fraction of sp³-hybridized carbons (Fsp3) is 0.389. The van der Waals surface area contributed by atoms with Gasteiger partial charge >= 0.3 is 12.2 Å². The van der Waals surface area contributed by atoms with Gasteiger partial charge in [-0.2, -0.15) is 13.2 Å². The van der Waals surface area contributed by atoms with Gasteiger partial charge in [0.15, 0.2) is 0 Å². The van der Waals surface area contributed by atoms with E-state index in [0.29, 0.717) is 24.3 Å². The lowest BCUT2D eigenvalue weighted by atomic mass is 10.1. The van der Waals surface area contributed by atoms with Gasteiger partial charge in [0, 0.05) is 31.0 Å². The number of aromatic nitrogens is 4. The number of methoxy groups -OCH3 is 1. The van der Waals surface area contributed by atoms with Crippen LogP contribution in [0.1, 0.15) is 34.5 Å². The molecule has 0 unspecified atom stereocenters. The first-order chi connectivity index (χ1) is 13.9. The molecule has 4 heterocycles. The molecule has 0 aliphatic carbocycles. The highest BCUT2D eigenvalue weighted by atomic mass is 32.1. The zero-order chi connectivity index (χ0) is 20.6. The first kappa shape index (κ1) is 19.5. The third kappa shape index (κ3) is 3.74. The molecule has 0 atom stereocenters. The summed E-state index contributed by atoms with van der Waals surface area (Å²) < 4.78 is 46.2. The first-order valence-corrected chi connectivity index (χ1v) is 9.72. The lowest BCUT2D eigenvalue weighted by Gasteiger charge is -2.26. The maximum absolute atomic E-state index is 13.8. The highest BCUT2D eigenvalue weighted by Crippen LogP contribution is 2.42. The topological polar surface area (TPSA) is 81.1 Å². The molecule has 7 nitrogen and oxygen atoms in total. The van der Waals surface area contributed by atoms with E-state index in [2.05, 4.69) is 19.9 Å². The van der Waals surface area contributed by atoms with Crippen molar-refractivity contribution in [3.63, 3.8) is 0 Å². The van der Waals surface area contributed by atoms with Crippen molar-refractivity contribution in [1.82, 2.24) is 24.8 Å². The molecule has 1 aliphatic rings. The summed E-state index contributed by atoms with van der Waals surface area (Å²) in [4.78, 5) is 30.2. The Morgan fingerprint density at radius 1 is 1.10 bits per heavy atom. The molecule has 0 saturated carbocycles. The van der Waals surface area contributed by atoms with Crippen LogP contribution in [0, 0.1) is 0 Å². The Morgan fingerprint density at radius 2 is 1.79 bits per heavy atom. The van der Waals surface area contributed by atoms with E-state index in [1.807, 2.05) is 0 Å². The number of hydrogen-bond acceptors (Lipinski definition) is 7. The molecular formula is C18H16F3N5O2S. The molecule has 11 heteroatoms. The second kappa shape index (κ2) is 7.54. The Morgan fingerprint density at radius 3 is 2.41 bits per heavy atom. The largest absolute Gasteiger partial charge is 0.467 e. The summed E-state index contributed by atoms with van der Waals surface area (Å²) in [5, 5.41) is 0. The molecule has 0 radical (unpaired) electrons. The van der Waals surface area contributed by atoms with Crippen LogP contribution in [0.2, 0.25) is 0 Å². The lowest BCUT2D eigenvalue weighted by molar-refractivity contribution is -0.136. The lowest BCUT2D eigenvalue weighted by Crippen LogP contribution is -2.36. The molecule has 0 N–H and O–H groups in total. The van der Waals surface area contributed by atoms with Gasteiger partial charge in [0.1, 0.15) is 20.8 Å². The van der Waals surface area contributed by atoms with Gasteiger partial charge in [-0.3, -0.25) is 9.78 Å². The number of rotatable bonds is 3. The van der Waals surface area contributed by atoms with E-state index in [1.54, 1.807) is 0 Å². The second-order valence-corrected chi connectivity index (χ2v) is 7.52. The van der Waals surface area contributed by atoms with E-state index in [9.17, 15) is 18.0 Å². The SMILES string of the molecule is COc1ncc(-c2cnc3c(C(F)(F)F)c(C(=O)N4CCCCC4)sc3n2)cn1. The predicted molar refractivity (Wildman–Crippen MR) is 99.7 cm³/mol. The number of carbonyl (C=O) groups is 1. The summed E-state index contributed by atoms with van der Waals surface area (Å²) in [7, 11) is 1.42. The van der Waals surface area contributed by atoms with Crippen molar-refractivity contribution in [2.75, 3.05) is 20.2 Å². The highest BCUT2D eigenvalue weighted by Gasteiger charge is 2.41. The zero-order valence-electron chi connectivity index (χ0n) is 15.4. The van der Waals surface area contributed by atoms with E-state index in [1.165, 1.54) is 30.6 Å². The Bertz CT molecular complexity index is 1050. The predicted octanol–water partition coefficient (Wildman–Crippen LogP) is 3.80. The standard InChI is InChI=1S/C18H16F3N5O2S/c1-28-17-23-7-10(8-24-17)11-9-22-13-12(18(19,20)21)14(29-15(13)25-11)16(27)26-5-3-2-4-6-26/h7-9H,2-6H2,1H3. The molecule has 1 aliphatic heterocycles. The number of carbonyl (C=O) groups excluding carboxylic acids is 1. The Hall–Kier alpha value is -2.82. The van der Waals surface area contributed by atoms with E-state index >= 15 is 0 Å². The van der Waals surface area contributed by atoms with E-state index in [-0.39, 0.29) is 21.2 Å². The minimum atomic E-state index is -4.71. The summed E-state index contributed by atoms with van der Waals surface area (Å²) in [6.45, 7) is 0.916. The second-order valence-electron chi connectivity index (χ2n) is 6.52. The number of fused-ring (bicyclic) bond motifs is 1. The van der Waals surface area contributed by atoms with E-state index in [4.69, 9.17) is 4.74 Å². The average molecular weight is 423 g/mol. The molecule has 152 valence electrons. The van der Waals surface area contributed by atoms with Gasteiger partial charge in [-0.15, -0.1) is 11.3 Å². The van der Waals surface area contributed by atoms with Crippen LogP contribution in [0.4, 0.5) is 13.2 Å². The number of halogens is 3. The van der Waals surface area contributed by atoms with Crippen LogP contribution in [-0.4, -0.2) is 50.9 Å². The summed E-state index contributed by atoms with van der Waals surface area (Å²) in [6, 6.07) is 0.160. The average Bonchev–Trinajstić information content (AvgIpc) is 3.13. The molecule has 29 heavy (non-hydrogen) atoms. The van der Waals surface area contributed by atoms with Crippen molar-refractivity contribution in [3.05, 3.63) is 29.0 Å². The van der Waals surface area contributed by atoms with E-state index < -0.39 is 17.6 Å². The van der Waals surface area contributed by atoms with Gasteiger partial charge < -0.3 is 9.64 Å². The molecule has 1 saturated heterocycles. The molecule has 0 spiro atoms. The summed E-state index contributed by atoms with van der Waals surface area (Å²) >= 11 is 0.719. The quantitative estimate of drug-likeness (QED) is 0.637. The van der Waals surface area contributed by atoms with Gasteiger partial charge in [-0.25, -0.2) is 15.0 Å². The van der Waals surface area contributed by atoms with Crippen LogP contribution in [0.25, 0.3) is 21.6 Å². The molecular weight excluding hydrogens is 407 g/mol. The number of nitrogens with zero attached hydrogens (tertiary/aromatic N) is 5. The first-order valence-electron chi connectivity index (χ1n) is 8.91. The Kier molecular flexibility index (Phi) is 5.07. The fourth-order valence-corrected chi connectivity index (χ4v) is 4.34. The van der Waals surface area contributed by atoms with Crippen LogP contribution in [0.5, 0.6) is 6.01 Å². The zero-order valence-corrected chi connectivity index (χ0v) is 16.2. The molecule has 3 aromatic heterocycles. The van der Waals surface area contributed by atoms with E-state index in [0.717, 1.165) is 30.6 Å². The number of piperidine rings is 1. The normalized spacial score (nSPS) is 15.0. The number of thiophene rings is 1. The van der Waals surface area contributed by atoms with Crippen LogP contribution in [0.15, 0.2) is 18.6 Å². The summed E-state index contributed by atoms with van der Waals surface area (Å²) in [6.07, 6.45) is 1.95. The fourth-order valence-electron chi connectivity index (χ4n) is 3.22. The molecule has 4 rings (SSSR count). The Balaban J connectivity index is 1.79. The van der Waals surface area contributed by atoms with Gasteiger partial charge in [-0.1, -0.05) is 0 Å². The molecule has 0 aromatic carbocycles. The highest BCUT2D eigenvalue weighted by molar-refractivity contribution is 7.20. The number of alkyl halides is 3. The van der Waals surface area contributed by atoms with Crippen LogP contribution in [0.3, 0.4) is 0 Å². The van der Waals surface area contributed by atoms with Crippen molar-refractivity contribution in [2.24, 2.45) is 0 Å². The molecule has 3 aromatic rings. The number of amides is 1. The van der Waals surface area contributed by atoms with Crippen LogP contribution in [-0.2, 0) is 6.18 Å². The van der Waals surface area contributed by atoms with Gasteiger partial charge in [0.25, 0.3) is 5.91 Å². The van der Waals surface area contributed by atoms with Crippen LogP contribution >= 0.6 is 11.3 Å². The van der Waals surface area contributed by atoms with Crippen molar-refractivity contribution < 1.29 is 22.7 Å². The van der Waals surface area contributed by atoms with Crippen molar-refractivity contribution in [1.29, 1.82) is 0 Å². The summed E-state index contributed by atoms with van der Waals surface area (Å²) in [5.41, 5.74) is -0.544. The van der Waals surface area contributed by atoms with Crippen molar-refractivity contribution in [2.45, 2.75) is 25.4 Å². The maximum atomic E-state index is 13.8. The Labute approximate surface area is 167 Å². The van der Waals surface area contributed by atoms with Crippen molar-refractivity contribution in [3.8, 4) is 17.3 Å². The smallest absolute Gasteiger partial charge is 0.420 e. The number of ether oxygens (including phenoxy) is 1. The van der Waals surface area contributed by atoms with Gasteiger partial charge in [-0.05, 0) is 19.3 Å². The summed E-state index contributed by atoms with van der Waals surface area (Å²) in [5.74, 6) is -0.615. The van der Waals surface area contributed by atoms with Gasteiger partial charge in [0.2, 0.25) is 0 Å². The minimum absolute atomic E-state index is 0.0472. The molecule has 0 bridgehead atoms. The number of likely N-dealkylation sites (tertiary alicyclic amines) is 1. The minimum Gasteiger partial charge on any atom is -0.467 e. The van der Waals surface area contributed by atoms with Gasteiger partial charge in [0.05, 0.1) is 19.0 Å². The van der Waals surface area contributed by atoms with Crippen molar-refractivity contribution >= 4 is 27.6 Å².